The van der Waals surface area contributed by atoms with Crippen LogP contribution in [0.3, 0.4) is 0 Å². The third kappa shape index (κ3) is 11.5. The van der Waals surface area contributed by atoms with Crippen LogP contribution in [0.5, 0.6) is 11.5 Å². The van der Waals surface area contributed by atoms with Crippen LogP contribution in [0.4, 0.5) is 0 Å². The van der Waals surface area contributed by atoms with Crippen molar-refractivity contribution in [2.75, 3.05) is 0 Å². The van der Waals surface area contributed by atoms with E-state index in [1.807, 2.05) is 39.8 Å². The molecule has 2 rings (SSSR count). The summed E-state index contributed by atoms with van der Waals surface area (Å²) in [5.74, 6) is 1.71. The van der Waals surface area contributed by atoms with Crippen LogP contribution in [-0.4, -0.2) is 5.60 Å². The zero-order valence-corrected chi connectivity index (χ0v) is 23.1. The molecule has 0 amide bonds. The number of rotatable bonds is 4. The summed E-state index contributed by atoms with van der Waals surface area (Å²) < 4.78 is 11.1. The van der Waals surface area contributed by atoms with Crippen LogP contribution in [0.1, 0.15) is 85.9 Å². The summed E-state index contributed by atoms with van der Waals surface area (Å²) in [5, 5.41) is 0. The van der Waals surface area contributed by atoms with E-state index in [9.17, 15) is 0 Å². The minimum Gasteiger partial charge on any atom is -0.665 e. The van der Waals surface area contributed by atoms with Crippen LogP contribution in [0.2, 0.25) is 0 Å². The predicted octanol–water partition coefficient (Wildman–Crippen LogP) is 7.97. The number of hydrogen-bond acceptors (Lipinski definition) is 2. The summed E-state index contributed by atoms with van der Waals surface area (Å²) in [7, 11) is 3.56. The molecule has 2 aromatic rings. The van der Waals surface area contributed by atoms with Crippen LogP contribution in [0.15, 0.2) is 42.5 Å². The first-order valence-electron chi connectivity index (χ1n) is 10.4. The van der Waals surface area contributed by atoms with E-state index in [-0.39, 0.29) is 32.1 Å². The minimum atomic E-state index is -0.178. The Bertz CT molecular complexity index is 677. The third-order valence-electron chi connectivity index (χ3n) is 3.75. The molecule has 0 N–H and O–H groups in total. The van der Waals surface area contributed by atoms with Crippen molar-refractivity contribution in [3.8, 4) is 11.5 Å². The maximum Gasteiger partial charge on any atom is 0.120 e. The summed E-state index contributed by atoms with van der Waals surface area (Å²) in [6.45, 7) is 20.8. The molecular formula is C26H41O2W-. The molecule has 0 heterocycles. The van der Waals surface area contributed by atoms with E-state index in [2.05, 4.69) is 79.0 Å². The molecule has 0 aliphatic rings. The van der Waals surface area contributed by atoms with Gasteiger partial charge in [0.25, 0.3) is 0 Å². The van der Waals surface area contributed by atoms with E-state index >= 15 is 0 Å². The fourth-order valence-corrected chi connectivity index (χ4v) is 2.54. The standard InChI is InChI=1S/C22H29O2.2C2H6.W/c1-21(2,3)18-13-17(14-20(15-18)23-7)12-16-8-10-19(11-9-16)24-22(4,5)6;2*1-2;/h8-11,13-15H,7,12H2,1-6H3;2*1-2H3;/q-1;;;. The van der Waals surface area contributed by atoms with Crippen molar-refractivity contribution >= 4 is 0 Å². The van der Waals surface area contributed by atoms with Crippen molar-refractivity contribution < 1.29 is 30.5 Å². The fraction of sp³-hybridized carbons (Fsp3) is 0.500. The van der Waals surface area contributed by atoms with Crippen LogP contribution in [0.25, 0.3) is 0 Å². The molecule has 2 nitrogen and oxygen atoms in total. The summed E-state index contributed by atoms with van der Waals surface area (Å²) in [5.41, 5.74) is 3.63. The average molecular weight is 569 g/mol. The first kappa shape index (κ1) is 29.9. The van der Waals surface area contributed by atoms with Gasteiger partial charge in [-0.15, -0.1) is 0 Å². The third-order valence-corrected chi connectivity index (χ3v) is 3.75. The summed E-state index contributed by atoms with van der Waals surface area (Å²) >= 11 is 0. The van der Waals surface area contributed by atoms with Gasteiger partial charge in [0.2, 0.25) is 0 Å². The first-order chi connectivity index (χ1) is 13.1. The van der Waals surface area contributed by atoms with Crippen molar-refractivity contribution in [1.82, 2.24) is 0 Å². The van der Waals surface area contributed by atoms with Gasteiger partial charge in [-0.05, 0) is 73.6 Å². The molecule has 0 bridgehead atoms. The minimum absolute atomic E-state index is 0. The molecule has 0 saturated heterocycles. The van der Waals surface area contributed by atoms with Crippen molar-refractivity contribution in [1.29, 1.82) is 0 Å². The molecule has 0 spiro atoms. The molecule has 3 heteroatoms. The maximum atomic E-state index is 5.88. The summed E-state index contributed by atoms with van der Waals surface area (Å²) in [6.07, 6.45) is 0.857. The Morgan fingerprint density at radius 3 is 1.66 bits per heavy atom. The Hall–Kier alpha value is -1.27. The zero-order valence-electron chi connectivity index (χ0n) is 20.2. The molecule has 0 unspecified atom stereocenters. The monoisotopic (exact) mass is 569 g/mol. The van der Waals surface area contributed by atoms with Crippen molar-refractivity contribution in [3.63, 3.8) is 0 Å². The zero-order chi connectivity index (χ0) is 22.0. The molecule has 0 aromatic heterocycles. The molecule has 0 fully saturated rings. The second kappa shape index (κ2) is 13.9. The maximum absolute atomic E-state index is 5.88. The fourth-order valence-electron chi connectivity index (χ4n) is 2.54. The van der Waals surface area contributed by atoms with Gasteiger partial charge >= 0.3 is 0 Å². The van der Waals surface area contributed by atoms with Gasteiger partial charge < -0.3 is 9.47 Å². The molecule has 29 heavy (non-hydrogen) atoms. The van der Waals surface area contributed by atoms with Crippen LogP contribution >= 0.6 is 0 Å². The number of hydrogen-bond donors (Lipinski definition) is 0. The van der Waals surface area contributed by atoms with E-state index in [0.717, 1.165) is 17.9 Å². The second-order valence-corrected chi connectivity index (χ2v) is 8.30. The van der Waals surface area contributed by atoms with Crippen LogP contribution in [-0.2, 0) is 32.9 Å². The van der Waals surface area contributed by atoms with E-state index in [0.29, 0.717) is 0 Å². The van der Waals surface area contributed by atoms with E-state index in [1.165, 1.54) is 16.7 Å². The number of benzene rings is 2. The Labute approximate surface area is 194 Å². The van der Waals surface area contributed by atoms with Gasteiger partial charge in [0.05, 0.1) is 5.75 Å². The van der Waals surface area contributed by atoms with Gasteiger partial charge in [0.15, 0.2) is 0 Å². The van der Waals surface area contributed by atoms with E-state index in [4.69, 9.17) is 9.47 Å². The Morgan fingerprint density at radius 1 is 0.724 bits per heavy atom. The predicted molar refractivity (Wildman–Crippen MR) is 123 cm³/mol. The van der Waals surface area contributed by atoms with Crippen LogP contribution < -0.4 is 9.47 Å². The summed E-state index contributed by atoms with van der Waals surface area (Å²) in [4.78, 5) is 0. The Morgan fingerprint density at radius 2 is 1.24 bits per heavy atom. The molecule has 0 aliphatic carbocycles. The second-order valence-electron chi connectivity index (χ2n) is 8.30. The van der Waals surface area contributed by atoms with Gasteiger partial charge in [0, 0.05) is 21.1 Å². The van der Waals surface area contributed by atoms with E-state index in [1.54, 1.807) is 0 Å². The van der Waals surface area contributed by atoms with Gasteiger partial charge in [-0.25, -0.2) is 0 Å². The number of ether oxygens (including phenoxy) is 2. The van der Waals surface area contributed by atoms with Crippen LogP contribution in [0, 0.1) is 7.11 Å². The molecule has 0 atom stereocenters. The van der Waals surface area contributed by atoms with Gasteiger partial charge in [-0.3, -0.25) is 0 Å². The molecule has 164 valence electrons. The molecule has 0 aliphatic heterocycles. The Balaban J connectivity index is 0. The molecule has 2 aromatic carbocycles. The quantitative estimate of drug-likeness (QED) is 0.348. The SMILES string of the molecule is CC.CC.[CH2-]Oc1cc(Cc2ccc(OC(C)(C)C)cc2)cc(C(C)(C)C)c1.[W]. The van der Waals surface area contributed by atoms with Gasteiger partial charge in [-0.2, -0.15) is 7.11 Å². The van der Waals surface area contributed by atoms with Crippen molar-refractivity contribution in [2.24, 2.45) is 0 Å². The molecule has 0 radical (unpaired) electrons. The smallest absolute Gasteiger partial charge is 0.120 e. The first-order valence-corrected chi connectivity index (χ1v) is 10.4. The topological polar surface area (TPSA) is 18.5 Å². The van der Waals surface area contributed by atoms with Crippen molar-refractivity contribution in [3.05, 3.63) is 66.3 Å². The van der Waals surface area contributed by atoms with Gasteiger partial charge in [-0.1, -0.05) is 66.7 Å². The van der Waals surface area contributed by atoms with Crippen molar-refractivity contribution in [2.45, 2.75) is 86.7 Å². The van der Waals surface area contributed by atoms with Gasteiger partial charge in [0.1, 0.15) is 11.4 Å². The van der Waals surface area contributed by atoms with E-state index < -0.39 is 0 Å². The average Bonchev–Trinajstić information content (AvgIpc) is 2.64. The summed E-state index contributed by atoms with van der Waals surface area (Å²) in [6, 6.07) is 14.7. The molecule has 0 saturated carbocycles. The molecular weight excluding hydrogens is 528 g/mol. The Kier molecular flexibility index (Phi) is 14.3. The normalized spacial score (nSPS) is 10.4. The largest absolute Gasteiger partial charge is 0.665 e.